The van der Waals surface area contributed by atoms with Crippen LogP contribution in [0.15, 0.2) is 24.5 Å². The molecule has 6 heteroatoms. The number of nitrogens with zero attached hydrogens (tertiary/aromatic N) is 1. The molecule has 0 aromatic carbocycles. The van der Waals surface area contributed by atoms with Gasteiger partial charge >= 0.3 is 5.97 Å². The van der Waals surface area contributed by atoms with Gasteiger partial charge in [-0.1, -0.05) is 0 Å². The minimum Gasteiger partial charge on any atom is -1.00 e. The first-order valence-corrected chi connectivity index (χ1v) is 4.10. The maximum Gasteiger partial charge on any atom is 0.341 e. The van der Waals surface area contributed by atoms with Crippen molar-refractivity contribution in [2.45, 2.75) is 13.0 Å². The summed E-state index contributed by atoms with van der Waals surface area (Å²) in [4.78, 5) is 21.1. The van der Waals surface area contributed by atoms with Gasteiger partial charge in [0.15, 0.2) is 18.9 Å². The van der Waals surface area contributed by atoms with Gasteiger partial charge in [0, 0.05) is 6.07 Å². The van der Waals surface area contributed by atoms with Crippen LogP contribution in [0.5, 0.6) is 0 Å². The Labute approximate surface area is 104 Å². The fourth-order valence-corrected chi connectivity index (χ4v) is 1.03. The predicted octanol–water partition coefficient (Wildman–Crippen LogP) is -3.45. The van der Waals surface area contributed by atoms with Crippen molar-refractivity contribution in [2.24, 2.45) is 5.73 Å². The van der Waals surface area contributed by atoms with E-state index in [1.165, 1.54) is 12.3 Å². The maximum atomic E-state index is 10.6. The highest BCUT2D eigenvalue weighted by molar-refractivity contribution is 5.86. The van der Waals surface area contributed by atoms with Crippen LogP contribution in [-0.2, 0) is 11.3 Å². The fourth-order valence-electron chi connectivity index (χ4n) is 1.03. The number of carboxylic acid groups (broad SMARTS) is 1. The van der Waals surface area contributed by atoms with Gasteiger partial charge in [-0.3, -0.25) is 4.79 Å². The number of hydrogen-bond donors (Lipinski definition) is 2. The van der Waals surface area contributed by atoms with Gasteiger partial charge in [-0.25, -0.2) is 9.36 Å². The van der Waals surface area contributed by atoms with Crippen molar-refractivity contribution in [3.05, 3.63) is 30.1 Å². The summed E-state index contributed by atoms with van der Waals surface area (Å²) >= 11 is 0. The molecule has 0 aliphatic rings. The summed E-state index contributed by atoms with van der Waals surface area (Å²) in [5.41, 5.74) is 5.16. The quantitative estimate of drug-likeness (QED) is 0.447. The lowest BCUT2D eigenvalue weighted by Gasteiger charge is -1.95. The molecule has 1 amide bonds. The first kappa shape index (κ1) is 13.8. The molecule has 15 heavy (non-hydrogen) atoms. The lowest BCUT2D eigenvalue weighted by atomic mass is 10.3. The van der Waals surface area contributed by atoms with Gasteiger partial charge in [-0.2, -0.15) is 0 Å². The topological polar surface area (TPSA) is 84.3 Å². The minimum atomic E-state index is -0.988. The molecule has 0 bridgehead atoms. The van der Waals surface area contributed by atoms with Crippen LogP contribution in [0.25, 0.3) is 0 Å². The third-order valence-electron chi connectivity index (χ3n) is 1.72. The maximum absolute atomic E-state index is 10.6. The Kier molecular flexibility index (Phi) is 5.83. The second-order valence-corrected chi connectivity index (χ2v) is 2.85. The van der Waals surface area contributed by atoms with Crippen molar-refractivity contribution in [3.63, 3.8) is 0 Å². The zero-order valence-electron chi connectivity index (χ0n) is 7.89. The number of primary amides is 1. The molecule has 0 fully saturated rings. The van der Waals surface area contributed by atoms with Gasteiger partial charge in [0.25, 0.3) is 0 Å². The second-order valence-electron chi connectivity index (χ2n) is 2.85. The summed E-state index contributed by atoms with van der Waals surface area (Å²) in [6.07, 6.45) is 3.36. The number of rotatable bonds is 4. The van der Waals surface area contributed by atoms with E-state index in [1.54, 1.807) is 16.8 Å². The summed E-state index contributed by atoms with van der Waals surface area (Å²) in [5, 5.41) is 8.68. The molecule has 1 aromatic heterocycles. The van der Waals surface area contributed by atoms with Gasteiger partial charge < -0.3 is 34.8 Å². The van der Waals surface area contributed by atoms with E-state index in [9.17, 15) is 9.59 Å². The van der Waals surface area contributed by atoms with Crippen LogP contribution in [0.1, 0.15) is 16.8 Å². The summed E-state index contributed by atoms with van der Waals surface area (Å²) in [7, 11) is 0. The number of pyridine rings is 1. The number of halogens is 1. The van der Waals surface area contributed by atoms with Gasteiger partial charge in [-0.15, -0.1) is 0 Å². The summed E-state index contributed by atoms with van der Waals surface area (Å²) in [6, 6.07) is 3.10. The lowest BCUT2D eigenvalue weighted by Crippen LogP contribution is -3.00. The Morgan fingerprint density at radius 2 is 2.13 bits per heavy atom. The predicted molar refractivity (Wildman–Crippen MR) is 47.4 cm³/mol. The molecule has 3 N–H and O–H groups in total. The highest BCUT2D eigenvalue weighted by Crippen LogP contribution is 1.93. The molecular weight excluding hydrogens is 311 g/mol. The van der Waals surface area contributed by atoms with Gasteiger partial charge in [0.05, 0.1) is 6.42 Å². The number of aromatic carboxylic acids is 1. The SMILES string of the molecule is NC(=O)CC[n+]1cccc(C(=O)O)c1.[I-]. The number of aromatic nitrogens is 1. The number of carboxylic acids is 1. The average Bonchev–Trinajstić information content (AvgIpc) is 2.15. The molecule has 5 nitrogen and oxygen atoms in total. The Bertz CT molecular complexity index is 368. The molecule has 0 aliphatic heterocycles. The Balaban J connectivity index is 0.00000196. The van der Waals surface area contributed by atoms with Crippen LogP contribution in [0.3, 0.4) is 0 Å². The molecule has 0 atom stereocenters. The third kappa shape index (κ3) is 4.73. The average molecular weight is 322 g/mol. The van der Waals surface area contributed by atoms with E-state index < -0.39 is 11.9 Å². The molecule has 1 aromatic rings. The zero-order valence-corrected chi connectivity index (χ0v) is 10.0. The number of nitrogens with two attached hydrogens (primary N) is 1. The Morgan fingerprint density at radius 3 is 2.67 bits per heavy atom. The van der Waals surface area contributed by atoms with Gasteiger partial charge in [-0.05, 0) is 6.07 Å². The Morgan fingerprint density at radius 1 is 1.47 bits per heavy atom. The fraction of sp³-hybridized carbons (Fsp3) is 0.222. The standard InChI is InChI=1S/C9H10N2O3.HI/c10-8(12)3-5-11-4-1-2-7(6-11)9(13)14;/h1-2,4,6H,3,5H2,(H2-,10,12,13,14);1H. The highest BCUT2D eigenvalue weighted by atomic mass is 127. The van der Waals surface area contributed by atoms with Crippen LogP contribution < -0.4 is 34.3 Å². The minimum absolute atomic E-state index is 0. The molecular formula is C9H11IN2O3. The van der Waals surface area contributed by atoms with Crippen molar-refractivity contribution in [2.75, 3.05) is 0 Å². The van der Waals surface area contributed by atoms with Crippen molar-refractivity contribution < 1.29 is 43.2 Å². The van der Waals surface area contributed by atoms with Crippen molar-refractivity contribution in [1.82, 2.24) is 0 Å². The highest BCUT2D eigenvalue weighted by Gasteiger charge is 2.09. The molecule has 0 spiro atoms. The van der Waals surface area contributed by atoms with Crippen LogP contribution >= 0.6 is 0 Å². The Hall–Kier alpha value is -1.18. The van der Waals surface area contributed by atoms with Gasteiger partial charge in [0.2, 0.25) is 5.91 Å². The largest absolute Gasteiger partial charge is 1.00 e. The lowest BCUT2D eigenvalue weighted by molar-refractivity contribution is -0.695. The van der Waals surface area contributed by atoms with Crippen LogP contribution in [0.2, 0.25) is 0 Å². The second kappa shape index (κ2) is 6.33. The summed E-state index contributed by atoms with van der Waals surface area (Å²) in [5.74, 6) is -1.39. The molecule has 1 heterocycles. The normalized spacial score (nSPS) is 9.07. The van der Waals surface area contributed by atoms with E-state index in [2.05, 4.69) is 0 Å². The van der Waals surface area contributed by atoms with Crippen molar-refractivity contribution >= 4 is 11.9 Å². The number of carbonyl (C=O) groups excluding carboxylic acids is 1. The van der Waals surface area contributed by atoms with E-state index >= 15 is 0 Å². The number of carbonyl (C=O) groups is 2. The first-order chi connectivity index (χ1) is 6.59. The molecule has 0 aliphatic carbocycles. The molecule has 0 unspecified atom stereocenters. The monoisotopic (exact) mass is 322 g/mol. The van der Waals surface area contributed by atoms with Crippen molar-refractivity contribution in [3.8, 4) is 0 Å². The third-order valence-corrected chi connectivity index (χ3v) is 1.72. The van der Waals surface area contributed by atoms with E-state index in [0.29, 0.717) is 6.54 Å². The number of amides is 1. The van der Waals surface area contributed by atoms with Crippen LogP contribution in [0, 0.1) is 0 Å². The van der Waals surface area contributed by atoms with Crippen molar-refractivity contribution in [1.29, 1.82) is 0 Å². The number of aryl methyl sites for hydroxylation is 1. The summed E-state index contributed by atoms with van der Waals surface area (Å²) in [6.45, 7) is 0.399. The molecule has 0 radical (unpaired) electrons. The first-order valence-electron chi connectivity index (χ1n) is 4.10. The zero-order chi connectivity index (χ0) is 10.6. The summed E-state index contributed by atoms with van der Waals surface area (Å²) < 4.78 is 1.62. The van der Waals surface area contributed by atoms with E-state index in [4.69, 9.17) is 10.8 Å². The van der Waals surface area contributed by atoms with Crippen LogP contribution in [-0.4, -0.2) is 17.0 Å². The molecule has 82 valence electrons. The molecule has 0 saturated heterocycles. The van der Waals surface area contributed by atoms with E-state index in [0.717, 1.165) is 0 Å². The van der Waals surface area contributed by atoms with E-state index in [1.807, 2.05) is 0 Å². The smallest absolute Gasteiger partial charge is 0.341 e. The van der Waals surface area contributed by atoms with Crippen LogP contribution in [0.4, 0.5) is 0 Å². The number of hydrogen-bond acceptors (Lipinski definition) is 2. The van der Waals surface area contributed by atoms with Gasteiger partial charge in [0.1, 0.15) is 5.56 Å². The molecule has 1 rings (SSSR count). The molecule has 0 saturated carbocycles. The van der Waals surface area contributed by atoms with E-state index in [-0.39, 0.29) is 36.0 Å².